The molecule has 7 nitrogen and oxygen atoms in total. The van der Waals surface area contributed by atoms with E-state index < -0.39 is 5.54 Å². The van der Waals surface area contributed by atoms with Crippen molar-refractivity contribution in [1.29, 1.82) is 0 Å². The van der Waals surface area contributed by atoms with Gasteiger partial charge in [0.2, 0.25) is 5.91 Å². The fraction of sp³-hybridized carbons (Fsp3) is 0.615. The number of hydrogen-bond donors (Lipinski definition) is 2. The lowest BCUT2D eigenvalue weighted by atomic mass is 9.97. The Hall–Kier alpha value is -1.89. The van der Waals surface area contributed by atoms with Crippen LogP contribution in [0.15, 0.2) is 6.33 Å². The molecule has 0 bridgehead atoms. The molecular weight excluding hydrogens is 256 g/mol. The molecule has 0 aromatic carbocycles. The molecule has 1 aromatic heterocycles. The molecule has 0 unspecified atom stereocenters. The highest BCUT2D eigenvalue weighted by atomic mass is 16.2. The molecule has 1 fully saturated rings. The minimum atomic E-state index is -0.628. The lowest BCUT2D eigenvalue weighted by molar-refractivity contribution is -0.136. The second-order valence-electron chi connectivity index (χ2n) is 5.46. The first kappa shape index (κ1) is 14.5. The van der Waals surface area contributed by atoms with Gasteiger partial charge in [-0.05, 0) is 20.3 Å². The number of rotatable bonds is 3. The Morgan fingerprint density at radius 3 is 2.70 bits per heavy atom. The Kier molecular flexibility index (Phi) is 3.80. The predicted octanol–water partition coefficient (Wildman–Crippen LogP) is 0.382. The summed E-state index contributed by atoms with van der Waals surface area (Å²) >= 11 is 0. The summed E-state index contributed by atoms with van der Waals surface area (Å²) in [5.41, 5.74) is 2.90. The molecule has 1 aromatic rings. The van der Waals surface area contributed by atoms with Crippen LogP contribution < -0.4 is 16.2 Å². The number of carbonyl (C=O) groups is 1. The number of amides is 1. The maximum absolute atomic E-state index is 12.4. The van der Waals surface area contributed by atoms with E-state index in [1.54, 1.807) is 4.90 Å². The molecule has 1 aliphatic heterocycles. The summed E-state index contributed by atoms with van der Waals surface area (Å²) in [6, 6.07) is 0. The van der Waals surface area contributed by atoms with Crippen LogP contribution in [0.25, 0.3) is 0 Å². The molecule has 7 heteroatoms. The Labute approximate surface area is 119 Å². The molecule has 110 valence electrons. The summed E-state index contributed by atoms with van der Waals surface area (Å²) in [7, 11) is 1.83. The van der Waals surface area contributed by atoms with Crippen molar-refractivity contribution in [2.24, 2.45) is 5.84 Å². The van der Waals surface area contributed by atoms with Gasteiger partial charge in [0.15, 0.2) is 0 Å². The monoisotopic (exact) mass is 278 g/mol. The molecule has 1 aliphatic rings. The van der Waals surface area contributed by atoms with E-state index in [-0.39, 0.29) is 5.91 Å². The van der Waals surface area contributed by atoms with Crippen LogP contribution in [0.4, 0.5) is 11.6 Å². The molecule has 0 spiro atoms. The van der Waals surface area contributed by atoms with Gasteiger partial charge in [-0.15, -0.1) is 0 Å². The van der Waals surface area contributed by atoms with Gasteiger partial charge in [-0.1, -0.05) is 6.92 Å². The number of hydrazine groups is 1. The quantitative estimate of drug-likeness (QED) is 0.614. The number of likely N-dealkylation sites (N-methyl/N-ethyl adjacent to an activating group) is 1. The molecule has 1 amide bonds. The third-order valence-electron chi connectivity index (χ3n) is 3.87. The number of nitrogens with one attached hydrogen (secondary N) is 1. The van der Waals surface area contributed by atoms with Crippen molar-refractivity contribution >= 4 is 17.5 Å². The number of aromatic nitrogens is 2. The molecule has 3 N–H and O–H groups in total. The van der Waals surface area contributed by atoms with Crippen molar-refractivity contribution in [3.05, 3.63) is 11.9 Å². The van der Waals surface area contributed by atoms with E-state index in [9.17, 15) is 4.79 Å². The van der Waals surface area contributed by atoms with Crippen molar-refractivity contribution in [1.82, 2.24) is 14.9 Å². The van der Waals surface area contributed by atoms with Crippen LogP contribution in [0.2, 0.25) is 0 Å². The zero-order valence-corrected chi connectivity index (χ0v) is 12.5. The third-order valence-corrected chi connectivity index (χ3v) is 3.87. The number of carbonyl (C=O) groups excluding carboxylic acids is 1. The minimum absolute atomic E-state index is 0.0895. The highest BCUT2D eigenvalue weighted by molar-refractivity contribution is 5.90. The first-order valence-electron chi connectivity index (χ1n) is 6.77. The van der Waals surface area contributed by atoms with E-state index in [1.165, 1.54) is 6.33 Å². The van der Waals surface area contributed by atoms with Gasteiger partial charge >= 0.3 is 0 Å². The van der Waals surface area contributed by atoms with E-state index in [4.69, 9.17) is 5.84 Å². The molecule has 0 radical (unpaired) electrons. The van der Waals surface area contributed by atoms with Gasteiger partial charge in [0.1, 0.15) is 23.5 Å². The Bertz CT molecular complexity index is 516. The summed E-state index contributed by atoms with van der Waals surface area (Å²) in [5.74, 6) is 6.99. The average Bonchev–Trinajstić information content (AvgIpc) is 2.44. The Morgan fingerprint density at radius 1 is 1.40 bits per heavy atom. The van der Waals surface area contributed by atoms with E-state index >= 15 is 0 Å². The van der Waals surface area contributed by atoms with Crippen LogP contribution in [0.5, 0.6) is 0 Å². The molecule has 1 saturated heterocycles. The number of nitrogen functional groups attached to an aromatic ring is 1. The van der Waals surface area contributed by atoms with Crippen molar-refractivity contribution in [3.63, 3.8) is 0 Å². The maximum Gasteiger partial charge on any atom is 0.247 e. The molecule has 0 atom stereocenters. The first-order valence-corrected chi connectivity index (χ1v) is 6.77. The smallest absolute Gasteiger partial charge is 0.247 e. The molecule has 0 saturated carbocycles. The zero-order chi connectivity index (χ0) is 14.9. The highest BCUT2D eigenvalue weighted by Gasteiger charge is 2.42. The van der Waals surface area contributed by atoms with Crippen molar-refractivity contribution < 1.29 is 4.79 Å². The van der Waals surface area contributed by atoms with Crippen LogP contribution in [-0.4, -0.2) is 46.5 Å². The van der Waals surface area contributed by atoms with Crippen LogP contribution in [-0.2, 0) is 11.2 Å². The summed E-state index contributed by atoms with van der Waals surface area (Å²) in [4.78, 5) is 24.7. The maximum atomic E-state index is 12.4. The SMILES string of the molecule is CCc1c(NN)ncnc1N1CCN(C)C(=O)C1(C)C. The van der Waals surface area contributed by atoms with E-state index in [0.29, 0.717) is 12.4 Å². The lowest BCUT2D eigenvalue weighted by Gasteiger charge is -2.46. The van der Waals surface area contributed by atoms with E-state index in [2.05, 4.69) is 15.4 Å². The average molecular weight is 278 g/mol. The van der Waals surface area contributed by atoms with Gasteiger partial charge in [-0.2, -0.15) is 0 Å². The zero-order valence-electron chi connectivity index (χ0n) is 12.5. The van der Waals surface area contributed by atoms with E-state index in [0.717, 1.165) is 24.3 Å². The fourth-order valence-corrected chi connectivity index (χ4v) is 2.67. The number of anilines is 2. The second-order valence-corrected chi connectivity index (χ2v) is 5.46. The molecule has 20 heavy (non-hydrogen) atoms. The number of nitrogens with two attached hydrogens (primary N) is 1. The van der Waals surface area contributed by atoms with Gasteiger partial charge in [0.25, 0.3) is 0 Å². The van der Waals surface area contributed by atoms with Crippen LogP contribution >= 0.6 is 0 Å². The van der Waals surface area contributed by atoms with E-state index in [1.807, 2.05) is 32.7 Å². The van der Waals surface area contributed by atoms with Crippen LogP contribution in [0, 0.1) is 0 Å². The fourth-order valence-electron chi connectivity index (χ4n) is 2.67. The van der Waals surface area contributed by atoms with Gasteiger partial charge < -0.3 is 15.2 Å². The van der Waals surface area contributed by atoms with Gasteiger partial charge in [0.05, 0.1) is 0 Å². The first-order chi connectivity index (χ1) is 9.43. The molecular formula is C13H22N6O. The van der Waals surface area contributed by atoms with Crippen LogP contribution in [0.1, 0.15) is 26.3 Å². The molecule has 0 aliphatic carbocycles. The van der Waals surface area contributed by atoms with Crippen molar-refractivity contribution in [2.45, 2.75) is 32.7 Å². The van der Waals surface area contributed by atoms with Crippen LogP contribution in [0.3, 0.4) is 0 Å². The minimum Gasteiger partial charge on any atom is -0.342 e. The number of hydrogen-bond acceptors (Lipinski definition) is 6. The molecule has 2 rings (SSSR count). The van der Waals surface area contributed by atoms with Gasteiger partial charge in [-0.3, -0.25) is 4.79 Å². The topological polar surface area (TPSA) is 87.4 Å². The van der Waals surface area contributed by atoms with Crippen molar-refractivity contribution in [2.75, 3.05) is 30.5 Å². The largest absolute Gasteiger partial charge is 0.342 e. The summed E-state index contributed by atoms with van der Waals surface area (Å²) in [6.07, 6.45) is 2.22. The van der Waals surface area contributed by atoms with Gasteiger partial charge in [0, 0.05) is 25.7 Å². The summed E-state index contributed by atoms with van der Waals surface area (Å²) < 4.78 is 0. The predicted molar refractivity (Wildman–Crippen MR) is 78.3 cm³/mol. The second kappa shape index (κ2) is 5.24. The lowest BCUT2D eigenvalue weighted by Crippen LogP contribution is -2.62. The highest BCUT2D eigenvalue weighted by Crippen LogP contribution is 2.31. The standard InChI is InChI=1S/C13H22N6O/c1-5-9-10(17-14)15-8-16-11(9)19-7-6-18(4)12(20)13(19,2)3/h8H,5-7,14H2,1-4H3,(H,15,16,17). The number of nitrogens with zero attached hydrogens (tertiary/aromatic N) is 4. The molecule has 2 heterocycles. The third kappa shape index (κ3) is 2.18. The number of piperazine rings is 1. The Morgan fingerprint density at radius 2 is 2.10 bits per heavy atom. The Balaban J connectivity index is 2.48. The summed E-state index contributed by atoms with van der Waals surface area (Å²) in [6.45, 7) is 7.28. The van der Waals surface area contributed by atoms with Crippen molar-refractivity contribution in [3.8, 4) is 0 Å². The summed E-state index contributed by atoms with van der Waals surface area (Å²) in [5, 5.41) is 0. The normalized spacial score (nSPS) is 18.4. The van der Waals surface area contributed by atoms with Gasteiger partial charge in [-0.25, -0.2) is 15.8 Å².